The third-order valence-corrected chi connectivity index (χ3v) is 6.26. The van der Waals surface area contributed by atoms with E-state index in [9.17, 15) is 14.7 Å². The van der Waals surface area contributed by atoms with Gasteiger partial charge in [-0.3, -0.25) is 14.1 Å². The summed E-state index contributed by atoms with van der Waals surface area (Å²) >= 11 is 0. The average Bonchev–Trinajstić information content (AvgIpc) is 3.54. The molecule has 0 unspecified atom stereocenters. The number of imidazole rings is 1. The highest BCUT2D eigenvalue weighted by molar-refractivity contribution is 5.92. The summed E-state index contributed by atoms with van der Waals surface area (Å²) in [6.45, 7) is 4.22. The van der Waals surface area contributed by atoms with Crippen LogP contribution in [0.25, 0.3) is 28.3 Å². The molecule has 186 valence electrons. The SMILES string of the molecule is CCCc1cn(-c2c(C)cccc2C(=O)O)c(=O)n1Cc1ccc(-c2cccnc2-c2nnn[nH]2)cc1. The highest BCUT2D eigenvalue weighted by Crippen LogP contribution is 2.28. The number of pyridine rings is 1. The number of aromatic nitrogens is 7. The van der Waals surface area contributed by atoms with Crippen molar-refractivity contribution in [3.63, 3.8) is 0 Å². The van der Waals surface area contributed by atoms with Gasteiger partial charge in [0.25, 0.3) is 0 Å². The van der Waals surface area contributed by atoms with Gasteiger partial charge in [-0.15, -0.1) is 5.10 Å². The lowest BCUT2D eigenvalue weighted by atomic mass is 10.0. The molecule has 0 amide bonds. The number of carboxylic acid groups (broad SMARTS) is 1. The Morgan fingerprint density at radius 3 is 2.59 bits per heavy atom. The van der Waals surface area contributed by atoms with Gasteiger partial charge in [-0.05, 0) is 52.6 Å². The molecular weight excluding hydrogens is 470 g/mol. The fourth-order valence-corrected chi connectivity index (χ4v) is 4.52. The second kappa shape index (κ2) is 10.0. The molecule has 0 radical (unpaired) electrons. The molecular formula is C27H25N7O3. The summed E-state index contributed by atoms with van der Waals surface area (Å²) in [4.78, 5) is 29.9. The van der Waals surface area contributed by atoms with E-state index in [1.54, 1.807) is 23.0 Å². The van der Waals surface area contributed by atoms with Crippen LogP contribution in [-0.4, -0.2) is 45.8 Å². The topological polar surface area (TPSA) is 132 Å². The minimum absolute atomic E-state index is 0.0980. The molecule has 0 atom stereocenters. The summed E-state index contributed by atoms with van der Waals surface area (Å²) in [6.07, 6.45) is 5.00. The third-order valence-electron chi connectivity index (χ3n) is 6.26. The third kappa shape index (κ3) is 4.56. The lowest BCUT2D eigenvalue weighted by molar-refractivity contribution is 0.0696. The van der Waals surface area contributed by atoms with Gasteiger partial charge in [0.1, 0.15) is 5.69 Å². The first-order valence-electron chi connectivity index (χ1n) is 11.9. The first-order chi connectivity index (χ1) is 18.0. The number of rotatable bonds is 8. The number of H-pyrrole nitrogens is 1. The predicted molar refractivity (Wildman–Crippen MR) is 138 cm³/mol. The molecule has 2 aromatic carbocycles. The maximum absolute atomic E-state index is 13.6. The van der Waals surface area contributed by atoms with Gasteiger partial charge in [0.15, 0.2) is 5.82 Å². The summed E-state index contributed by atoms with van der Waals surface area (Å²) in [6, 6.07) is 16.7. The predicted octanol–water partition coefficient (Wildman–Crippen LogP) is 3.89. The fraction of sp³-hybridized carbons (Fsp3) is 0.185. The Labute approximate surface area is 212 Å². The molecule has 5 rings (SSSR count). The second-order valence-corrected chi connectivity index (χ2v) is 8.73. The zero-order valence-electron chi connectivity index (χ0n) is 20.4. The summed E-state index contributed by atoms with van der Waals surface area (Å²) in [7, 11) is 0. The van der Waals surface area contributed by atoms with Gasteiger partial charge in [0.2, 0.25) is 0 Å². The van der Waals surface area contributed by atoms with Crippen LogP contribution in [0.1, 0.15) is 40.5 Å². The smallest absolute Gasteiger partial charge is 0.337 e. The molecule has 37 heavy (non-hydrogen) atoms. The van der Waals surface area contributed by atoms with E-state index < -0.39 is 5.97 Å². The number of aromatic amines is 1. The van der Waals surface area contributed by atoms with Crippen LogP contribution in [0.2, 0.25) is 0 Å². The molecule has 3 aromatic heterocycles. The Balaban J connectivity index is 1.51. The summed E-state index contributed by atoms with van der Waals surface area (Å²) in [5.74, 6) is -0.587. The summed E-state index contributed by atoms with van der Waals surface area (Å²) < 4.78 is 3.18. The molecule has 0 spiro atoms. The summed E-state index contributed by atoms with van der Waals surface area (Å²) in [5.41, 5.74) is 5.21. The number of nitrogens with one attached hydrogen (secondary N) is 1. The van der Waals surface area contributed by atoms with Crippen molar-refractivity contribution in [3.05, 3.63) is 99.9 Å². The maximum Gasteiger partial charge on any atom is 0.337 e. The maximum atomic E-state index is 13.6. The van der Waals surface area contributed by atoms with Crippen molar-refractivity contribution < 1.29 is 9.90 Å². The number of aromatic carboxylic acids is 1. The number of aryl methyl sites for hydroxylation is 2. The fourth-order valence-electron chi connectivity index (χ4n) is 4.52. The molecule has 0 aliphatic carbocycles. The van der Waals surface area contributed by atoms with Gasteiger partial charge in [-0.1, -0.05) is 55.8 Å². The number of benzene rings is 2. The van der Waals surface area contributed by atoms with E-state index in [2.05, 4.69) is 25.6 Å². The number of nitrogens with zero attached hydrogens (tertiary/aromatic N) is 6. The molecule has 0 aliphatic heterocycles. The number of carbonyl (C=O) groups is 1. The van der Waals surface area contributed by atoms with Crippen LogP contribution >= 0.6 is 0 Å². The van der Waals surface area contributed by atoms with E-state index in [1.165, 1.54) is 10.6 Å². The van der Waals surface area contributed by atoms with Crippen molar-refractivity contribution >= 4 is 5.97 Å². The zero-order valence-corrected chi connectivity index (χ0v) is 20.4. The van der Waals surface area contributed by atoms with E-state index >= 15 is 0 Å². The molecule has 0 aliphatic rings. The van der Waals surface area contributed by atoms with Crippen LogP contribution in [-0.2, 0) is 13.0 Å². The highest BCUT2D eigenvalue weighted by atomic mass is 16.4. The Morgan fingerprint density at radius 1 is 1.08 bits per heavy atom. The van der Waals surface area contributed by atoms with Crippen molar-refractivity contribution in [3.8, 4) is 28.3 Å². The van der Waals surface area contributed by atoms with E-state index in [-0.39, 0.29) is 11.3 Å². The molecule has 10 nitrogen and oxygen atoms in total. The van der Waals surface area contributed by atoms with Gasteiger partial charge in [-0.25, -0.2) is 14.7 Å². The van der Waals surface area contributed by atoms with Crippen molar-refractivity contribution in [2.24, 2.45) is 0 Å². The molecule has 0 bridgehead atoms. The lowest BCUT2D eigenvalue weighted by Gasteiger charge is -2.10. The van der Waals surface area contributed by atoms with Gasteiger partial charge in [0, 0.05) is 23.7 Å². The number of hydrogen-bond donors (Lipinski definition) is 2. The minimum atomic E-state index is -1.07. The Kier molecular flexibility index (Phi) is 6.46. The Hall–Kier alpha value is -4.86. The van der Waals surface area contributed by atoms with Gasteiger partial charge < -0.3 is 5.11 Å². The van der Waals surface area contributed by atoms with Crippen LogP contribution in [0.15, 0.2) is 71.8 Å². The van der Waals surface area contributed by atoms with Crippen molar-refractivity contribution in [1.29, 1.82) is 0 Å². The molecule has 0 fully saturated rings. The van der Waals surface area contributed by atoms with Crippen LogP contribution in [0.5, 0.6) is 0 Å². The molecule has 3 heterocycles. The zero-order chi connectivity index (χ0) is 25.9. The monoisotopic (exact) mass is 495 g/mol. The van der Waals surface area contributed by atoms with Crippen molar-refractivity contribution in [2.75, 3.05) is 0 Å². The summed E-state index contributed by atoms with van der Waals surface area (Å²) in [5, 5.41) is 23.7. The van der Waals surface area contributed by atoms with E-state index in [1.807, 2.05) is 56.3 Å². The number of carboxylic acids is 1. The number of hydrogen-bond acceptors (Lipinski definition) is 6. The van der Waals surface area contributed by atoms with Gasteiger partial charge >= 0.3 is 11.7 Å². The lowest BCUT2D eigenvalue weighted by Crippen LogP contribution is -2.26. The normalized spacial score (nSPS) is 11.1. The minimum Gasteiger partial charge on any atom is -0.478 e. The van der Waals surface area contributed by atoms with E-state index in [0.717, 1.165) is 34.4 Å². The first-order valence-corrected chi connectivity index (χ1v) is 11.9. The van der Waals surface area contributed by atoms with Crippen molar-refractivity contribution in [2.45, 2.75) is 33.2 Å². The van der Waals surface area contributed by atoms with Gasteiger partial charge in [-0.2, -0.15) is 0 Å². The van der Waals surface area contributed by atoms with Crippen LogP contribution < -0.4 is 5.69 Å². The quantitative estimate of drug-likeness (QED) is 0.334. The molecule has 2 N–H and O–H groups in total. The van der Waals surface area contributed by atoms with Gasteiger partial charge in [0.05, 0.1) is 17.8 Å². The van der Waals surface area contributed by atoms with Crippen LogP contribution in [0.3, 0.4) is 0 Å². The van der Waals surface area contributed by atoms with E-state index in [0.29, 0.717) is 30.2 Å². The molecule has 0 saturated carbocycles. The second-order valence-electron chi connectivity index (χ2n) is 8.73. The van der Waals surface area contributed by atoms with Crippen LogP contribution in [0.4, 0.5) is 0 Å². The first kappa shape index (κ1) is 23.9. The van der Waals surface area contributed by atoms with Crippen LogP contribution in [0, 0.1) is 6.92 Å². The van der Waals surface area contributed by atoms with E-state index in [4.69, 9.17) is 0 Å². The van der Waals surface area contributed by atoms with Crippen molar-refractivity contribution in [1.82, 2.24) is 34.7 Å². The highest BCUT2D eigenvalue weighted by Gasteiger charge is 2.19. The Morgan fingerprint density at radius 2 is 1.89 bits per heavy atom. The average molecular weight is 496 g/mol. The molecule has 10 heteroatoms. The standard InChI is InChI=1S/C27H25N7O3/c1-3-6-20-16-34(24-17(2)7-4-8-22(24)26(35)36)27(37)33(20)15-18-10-12-19(13-11-18)21-9-5-14-28-23(21)25-29-31-32-30-25/h4-5,7-14,16H,3,6,15H2,1-2H3,(H,35,36)(H,29,30,31,32). The molecule has 5 aromatic rings. The molecule has 0 saturated heterocycles. The largest absolute Gasteiger partial charge is 0.478 e. The number of tetrazole rings is 1. The Bertz CT molecular complexity index is 1620. The number of para-hydroxylation sites is 1.